The van der Waals surface area contributed by atoms with E-state index in [4.69, 9.17) is 4.84 Å². The lowest BCUT2D eigenvalue weighted by Crippen LogP contribution is -2.25. The largest absolute Gasteiger partial charge is 0.380 e. The molecule has 0 saturated heterocycles. The number of amides is 1. The van der Waals surface area contributed by atoms with Crippen molar-refractivity contribution in [3.8, 4) is 5.75 Å². The number of hydrogen-bond acceptors (Lipinski definition) is 3. The van der Waals surface area contributed by atoms with E-state index < -0.39 is 0 Å². The predicted molar refractivity (Wildman–Crippen MR) is 69.3 cm³/mol. The Hall–Kier alpha value is -1.84. The minimum Gasteiger partial charge on any atom is -0.380 e. The number of ketones is 1. The average Bonchev–Trinajstić information content (AvgIpc) is 2.35. The highest BCUT2D eigenvalue weighted by Gasteiger charge is 2.08. The number of carbonyl (C=O) groups excluding carboxylic acids is 2. The molecule has 0 fully saturated rings. The summed E-state index contributed by atoms with van der Waals surface area (Å²) in [5.41, 5.74) is 2.97. The number of rotatable bonds is 6. The lowest BCUT2D eigenvalue weighted by Gasteiger charge is -2.07. The molecule has 0 aliphatic carbocycles. The Labute approximate surface area is 107 Å². The van der Waals surface area contributed by atoms with Crippen LogP contribution in [0.5, 0.6) is 5.75 Å². The minimum atomic E-state index is -0.185. The van der Waals surface area contributed by atoms with Crippen LogP contribution in [0.1, 0.15) is 44.0 Å². The first-order valence-electron chi connectivity index (χ1n) is 6.12. The van der Waals surface area contributed by atoms with Gasteiger partial charge in [-0.3, -0.25) is 9.59 Å². The molecule has 1 aromatic rings. The summed E-state index contributed by atoms with van der Waals surface area (Å²) in [7, 11) is 0. The number of hydrogen-bond donors (Lipinski definition) is 1. The fraction of sp³-hybridized carbons (Fsp3) is 0.429. The van der Waals surface area contributed by atoms with Gasteiger partial charge >= 0.3 is 0 Å². The molecule has 0 aromatic heterocycles. The molecule has 0 spiro atoms. The third-order valence-corrected chi connectivity index (χ3v) is 2.37. The van der Waals surface area contributed by atoms with Gasteiger partial charge in [-0.1, -0.05) is 20.8 Å². The van der Waals surface area contributed by atoms with Crippen molar-refractivity contribution in [2.24, 2.45) is 5.92 Å². The number of benzene rings is 1. The summed E-state index contributed by atoms with van der Waals surface area (Å²) >= 11 is 0. The lowest BCUT2D eigenvalue weighted by molar-refractivity contribution is -0.127. The van der Waals surface area contributed by atoms with Crippen molar-refractivity contribution in [3.05, 3.63) is 29.8 Å². The van der Waals surface area contributed by atoms with Gasteiger partial charge in [0.2, 0.25) is 0 Å². The summed E-state index contributed by atoms with van der Waals surface area (Å²) < 4.78 is 0. The highest BCUT2D eigenvalue weighted by Crippen LogP contribution is 2.14. The third kappa shape index (κ3) is 4.57. The topological polar surface area (TPSA) is 55.4 Å². The molecule has 18 heavy (non-hydrogen) atoms. The van der Waals surface area contributed by atoms with Gasteiger partial charge < -0.3 is 4.84 Å². The van der Waals surface area contributed by atoms with Crippen LogP contribution < -0.4 is 10.3 Å². The van der Waals surface area contributed by atoms with Gasteiger partial charge in [0.05, 0.1) is 0 Å². The highest BCUT2D eigenvalue weighted by molar-refractivity contribution is 5.96. The van der Waals surface area contributed by atoms with E-state index in [2.05, 4.69) is 5.48 Å². The smallest absolute Gasteiger partial charge is 0.252 e. The van der Waals surface area contributed by atoms with Crippen molar-refractivity contribution < 1.29 is 14.4 Å². The SMILES string of the molecule is CCC(=O)NOc1ccc(C(=O)CC(C)C)cc1. The first-order chi connectivity index (χ1) is 8.52. The normalized spacial score (nSPS) is 10.2. The van der Waals surface area contributed by atoms with Crippen molar-refractivity contribution in [3.63, 3.8) is 0 Å². The van der Waals surface area contributed by atoms with Crippen molar-refractivity contribution in [2.45, 2.75) is 33.6 Å². The van der Waals surface area contributed by atoms with E-state index in [0.717, 1.165) is 0 Å². The number of Topliss-reactive ketones (excluding diaryl/α,β-unsaturated/α-hetero) is 1. The zero-order valence-corrected chi connectivity index (χ0v) is 11.0. The van der Waals surface area contributed by atoms with E-state index in [1.54, 1.807) is 31.2 Å². The summed E-state index contributed by atoms with van der Waals surface area (Å²) in [5, 5.41) is 0. The first kappa shape index (κ1) is 14.2. The fourth-order valence-corrected chi connectivity index (χ4v) is 1.39. The van der Waals surface area contributed by atoms with E-state index in [9.17, 15) is 9.59 Å². The fourth-order valence-electron chi connectivity index (χ4n) is 1.39. The molecule has 0 saturated carbocycles. The molecule has 1 amide bonds. The molecule has 98 valence electrons. The second-order valence-electron chi connectivity index (χ2n) is 4.53. The van der Waals surface area contributed by atoms with Gasteiger partial charge in [0, 0.05) is 18.4 Å². The van der Waals surface area contributed by atoms with Gasteiger partial charge in [-0.15, -0.1) is 0 Å². The Balaban J connectivity index is 2.57. The molecule has 1 rings (SSSR count). The van der Waals surface area contributed by atoms with Crippen LogP contribution in [0.3, 0.4) is 0 Å². The first-order valence-corrected chi connectivity index (χ1v) is 6.12. The molecule has 1 aromatic carbocycles. The molecule has 0 heterocycles. The van der Waals surface area contributed by atoms with Crippen LogP contribution in [0.4, 0.5) is 0 Å². The monoisotopic (exact) mass is 249 g/mol. The maximum absolute atomic E-state index is 11.8. The zero-order valence-electron chi connectivity index (χ0n) is 11.0. The second kappa shape index (κ2) is 6.79. The quantitative estimate of drug-likeness (QED) is 0.623. The Morgan fingerprint density at radius 2 is 1.83 bits per heavy atom. The van der Waals surface area contributed by atoms with E-state index in [1.165, 1.54) is 0 Å². The zero-order chi connectivity index (χ0) is 13.5. The molecular weight excluding hydrogens is 230 g/mol. The number of nitrogens with one attached hydrogen (secondary N) is 1. The van der Waals surface area contributed by atoms with Crippen molar-refractivity contribution in [2.75, 3.05) is 0 Å². The van der Waals surface area contributed by atoms with Gasteiger partial charge in [-0.05, 0) is 30.2 Å². The van der Waals surface area contributed by atoms with Gasteiger partial charge in [0.15, 0.2) is 11.5 Å². The van der Waals surface area contributed by atoms with Gasteiger partial charge in [0.1, 0.15) is 0 Å². The van der Waals surface area contributed by atoms with E-state index in [1.807, 2.05) is 13.8 Å². The maximum atomic E-state index is 11.8. The van der Waals surface area contributed by atoms with Crippen LogP contribution in [0.2, 0.25) is 0 Å². The summed E-state index contributed by atoms with van der Waals surface area (Å²) in [4.78, 5) is 27.8. The Morgan fingerprint density at radius 3 is 2.33 bits per heavy atom. The standard InChI is InChI=1S/C14H19NO3/c1-4-14(17)15-18-12-7-5-11(6-8-12)13(16)9-10(2)3/h5-8,10H,4,9H2,1-3H3,(H,15,17). The van der Waals surface area contributed by atoms with Gasteiger partial charge in [0.25, 0.3) is 5.91 Å². The van der Waals surface area contributed by atoms with Crippen molar-refractivity contribution in [1.82, 2.24) is 5.48 Å². The van der Waals surface area contributed by atoms with E-state index in [-0.39, 0.29) is 11.7 Å². The molecule has 0 aliphatic heterocycles. The van der Waals surface area contributed by atoms with E-state index in [0.29, 0.717) is 30.1 Å². The molecular formula is C14H19NO3. The van der Waals surface area contributed by atoms with Crippen LogP contribution in [-0.4, -0.2) is 11.7 Å². The second-order valence-corrected chi connectivity index (χ2v) is 4.53. The molecule has 0 unspecified atom stereocenters. The minimum absolute atomic E-state index is 0.120. The molecule has 0 aliphatic rings. The van der Waals surface area contributed by atoms with Crippen LogP contribution in [-0.2, 0) is 4.79 Å². The maximum Gasteiger partial charge on any atom is 0.252 e. The summed E-state index contributed by atoms with van der Waals surface area (Å²) in [5.74, 6) is 0.791. The third-order valence-electron chi connectivity index (χ3n) is 2.37. The summed E-state index contributed by atoms with van der Waals surface area (Å²) in [6.45, 7) is 5.76. The number of hydroxylamine groups is 1. The van der Waals surface area contributed by atoms with Gasteiger partial charge in [-0.2, -0.15) is 5.48 Å². The Morgan fingerprint density at radius 1 is 1.22 bits per heavy atom. The lowest BCUT2D eigenvalue weighted by atomic mass is 10.0. The van der Waals surface area contributed by atoms with Crippen LogP contribution >= 0.6 is 0 Å². The van der Waals surface area contributed by atoms with Crippen molar-refractivity contribution in [1.29, 1.82) is 0 Å². The predicted octanol–water partition coefficient (Wildman–Crippen LogP) is 2.74. The van der Waals surface area contributed by atoms with E-state index >= 15 is 0 Å². The summed E-state index contributed by atoms with van der Waals surface area (Å²) in [6.07, 6.45) is 0.901. The number of carbonyl (C=O) groups is 2. The molecule has 4 nitrogen and oxygen atoms in total. The van der Waals surface area contributed by atoms with Gasteiger partial charge in [-0.25, -0.2) is 0 Å². The van der Waals surface area contributed by atoms with Crippen LogP contribution in [0.15, 0.2) is 24.3 Å². The Kier molecular flexibility index (Phi) is 5.36. The highest BCUT2D eigenvalue weighted by atomic mass is 16.7. The molecule has 0 bridgehead atoms. The summed E-state index contributed by atoms with van der Waals surface area (Å²) in [6, 6.07) is 6.75. The Bertz CT molecular complexity index is 410. The van der Waals surface area contributed by atoms with Crippen molar-refractivity contribution >= 4 is 11.7 Å². The molecule has 4 heteroatoms. The molecule has 0 radical (unpaired) electrons. The van der Waals surface area contributed by atoms with Crippen LogP contribution in [0.25, 0.3) is 0 Å². The molecule has 0 atom stereocenters. The van der Waals surface area contributed by atoms with Crippen LogP contribution in [0, 0.1) is 5.92 Å². The molecule has 1 N–H and O–H groups in total. The average molecular weight is 249 g/mol.